The van der Waals surface area contributed by atoms with Crippen LogP contribution in [-0.4, -0.2) is 10.9 Å². The van der Waals surface area contributed by atoms with Crippen LogP contribution >= 0.6 is 11.6 Å². The molecule has 2 aromatic carbocycles. The molecule has 0 radical (unpaired) electrons. The summed E-state index contributed by atoms with van der Waals surface area (Å²) in [6.45, 7) is 0.716. The van der Waals surface area contributed by atoms with Gasteiger partial charge in [-0.3, -0.25) is 4.79 Å². The number of carbonyl (C=O) groups excluding carboxylic acids is 1. The van der Waals surface area contributed by atoms with Crippen molar-refractivity contribution in [3.8, 4) is 0 Å². The maximum absolute atomic E-state index is 12.2. The maximum Gasteiger partial charge on any atom is 0.258 e. The minimum absolute atomic E-state index is 0.280. The summed E-state index contributed by atoms with van der Waals surface area (Å²) >= 11 is 6.02. The molecule has 0 aliphatic carbocycles. The molecule has 0 unspecified atom stereocenters. The van der Waals surface area contributed by atoms with Gasteiger partial charge in [-0.2, -0.15) is 0 Å². The minimum Gasteiger partial charge on any atom is -0.380 e. The lowest BCUT2D eigenvalue weighted by Crippen LogP contribution is -2.13. The first-order valence-corrected chi connectivity index (χ1v) is 7.90. The van der Waals surface area contributed by atoms with Gasteiger partial charge in [0.1, 0.15) is 5.82 Å². The number of rotatable bonds is 5. The van der Waals surface area contributed by atoms with Gasteiger partial charge in [0.25, 0.3) is 5.91 Å². The van der Waals surface area contributed by atoms with Crippen LogP contribution in [0.25, 0.3) is 0 Å². The molecular weight excluding hydrogens is 322 g/mol. The van der Waals surface area contributed by atoms with E-state index in [1.807, 2.05) is 24.3 Å². The number of nitrogens with one attached hydrogen (secondary N) is 2. The fourth-order valence-electron chi connectivity index (χ4n) is 2.20. The molecule has 24 heavy (non-hydrogen) atoms. The highest BCUT2D eigenvalue weighted by molar-refractivity contribution is 6.34. The molecule has 4 nitrogen and oxygen atoms in total. The van der Waals surface area contributed by atoms with Crippen LogP contribution in [0.15, 0.2) is 72.9 Å². The molecule has 0 aliphatic rings. The van der Waals surface area contributed by atoms with E-state index in [2.05, 4.69) is 27.8 Å². The van der Waals surface area contributed by atoms with Crippen LogP contribution in [0.1, 0.15) is 15.9 Å². The lowest BCUT2D eigenvalue weighted by molar-refractivity contribution is 0.102. The molecule has 0 fully saturated rings. The molecule has 1 heterocycles. The van der Waals surface area contributed by atoms with Gasteiger partial charge < -0.3 is 10.6 Å². The number of halogens is 1. The van der Waals surface area contributed by atoms with Gasteiger partial charge in [-0.1, -0.05) is 54.1 Å². The topological polar surface area (TPSA) is 54.0 Å². The first-order valence-electron chi connectivity index (χ1n) is 7.52. The molecule has 0 aliphatic heterocycles. The third-order valence-electron chi connectivity index (χ3n) is 3.46. The van der Waals surface area contributed by atoms with Crippen molar-refractivity contribution in [2.45, 2.75) is 6.54 Å². The number of nitrogens with zero attached hydrogens (tertiary/aromatic N) is 1. The minimum atomic E-state index is -0.280. The molecule has 3 aromatic rings. The zero-order chi connectivity index (χ0) is 16.8. The molecule has 120 valence electrons. The summed E-state index contributed by atoms with van der Waals surface area (Å²) in [5, 5.41) is 6.44. The molecule has 0 spiro atoms. The summed E-state index contributed by atoms with van der Waals surface area (Å²) in [4.78, 5) is 16.4. The van der Waals surface area contributed by atoms with E-state index in [9.17, 15) is 4.79 Å². The highest BCUT2D eigenvalue weighted by Gasteiger charge is 2.10. The molecule has 0 bridgehead atoms. The van der Waals surface area contributed by atoms with Crippen molar-refractivity contribution in [2.24, 2.45) is 0 Å². The number of hydrogen-bond donors (Lipinski definition) is 2. The monoisotopic (exact) mass is 337 g/mol. The normalized spacial score (nSPS) is 10.2. The van der Waals surface area contributed by atoms with E-state index in [0.29, 0.717) is 22.9 Å². The Morgan fingerprint density at radius 1 is 0.958 bits per heavy atom. The maximum atomic E-state index is 12.2. The number of carbonyl (C=O) groups is 1. The summed E-state index contributed by atoms with van der Waals surface area (Å²) < 4.78 is 0. The molecule has 1 aromatic heterocycles. The molecule has 2 N–H and O–H groups in total. The van der Waals surface area contributed by atoms with Crippen LogP contribution in [0.2, 0.25) is 5.02 Å². The van der Waals surface area contributed by atoms with E-state index >= 15 is 0 Å². The SMILES string of the molecule is O=C(Nc1ccc(NCc2ccccc2)cn1)c1ccccc1Cl. The van der Waals surface area contributed by atoms with Crippen molar-refractivity contribution in [1.29, 1.82) is 0 Å². The second-order valence-electron chi connectivity index (χ2n) is 5.21. The summed E-state index contributed by atoms with van der Waals surface area (Å²) in [6.07, 6.45) is 1.69. The number of aromatic nitrogens is 1. The molecule has 0 atom stereocenters. The van der Waals surface area contributed by atoms with Gasteiger partial charge in [0, 0.05) is 6.54 Å². The molecular formula is C19H16ClN3O. The van der Waals surface area contributed by atoms with Gasteiger partial charge in [-0.05, 0) is 29.8 Å². The molecule has 5 heteroatoms. The Morgan fingerprint density at radius 3 is 2.42 bits per heavy atom. The quantitative estimate of drug-likeness (QED) is 0.715. The van der Waals surface area contributed by atoms with E-state index in [1.54, 1.807) is 36.5 Å². The first kappa shape index (κ1) is 16.0. The van der Waals surface area contributed by atoms with Gasteiger partial charge in [-0.15, -0.1) is 0 Å². The van der Waals surface area contributed by atoms with E-state index in [1.165, 1.54) is 5.56 Å². The summed E-state index contributed by atoms with van der Waals surface area (Å²) in [5.74, 6) is 0.197. The molecule has 0 saturated heterocycles. The fraction of sp³-hybridized carbons (Fsp3) is 0.0526. The van der Waals surface area contributed by atoms with Gasteiger partial charge in [0.2, 0.25) is 0 Å². The zero-order valence-corrected chi connectivity index (χ0v) is 13.6. The number of anilines is 2. The Hall–Kier alpha value is -2.85. The van der Waals surface area contributed by atoms with Crippen molar-refractivity contribution in [1.82, 2.24) is 4.98 Å². The predicted molar refractivity (Wildman–Crippen MR) is 97.4 cm³/mol. The summed E-state index contributed by atoms with van der Waals surface area (Å²) in [6, 6.07) is 20.6. The smallest absolute Gasteiger partial charge is 0.258 e. The number of pyridine rings is 1. The lowest BCUT2D eigenvalue weighted by atomic mass is 10.2. The zero-order valence-electron chi connectivity index (χ0n) is 12.9. The summed E-state index contributed by atoms with van der Waals surface area (Å²) in [5.41, 5.74) is 2.50. The number of hydrogen-bond acceptors (Lipinski definition) is 3. The van der Waals surface area contributed by atoms with Crippen molar-refractivity contribution in [3.05, 3.63) is 89.1 Å². The van der Waals surface area contributed by atoms with E-state index in [-0.39, 0.29) is 5.91 Å². The Kier molecular flexibility index (Phi) is 5.08. The van der Waals surface area contributed by atoms with Crippen LogP contribution in [-0.2, 0) is 6.54 Å². The lowest BCUT2D eigenvalue weighted by Gasteiger charge is -2.08. The average molecular weight is 338 g/mol. The third kappa shape index (κ3) is 4.12. The predicted octanol–water partition coefficient (Wildman–Crippen LogP) is 4.60. The van der Waals surface area contributed by atoms with Gasteiger partial charge in [-0.25, -0.2) is 4.98 Å². The van der Waals surface area contributed by atoms with Crippen LogP contribution in [0, 0.1) is 0 Å². The van der Waals surface area contributed by atoms with Crippen LogP contribution in [0.5, 0.6) is 0 Å². The van der Waals surface area contributed by atoms with Crippen molar-refractivity contribution in [3.63, 3.8) is 0 Å². The van der Waals surface area contributed by atoms with Crippen LogP contribution in [0.4, 0.5) is 11.5 Å². The van der Waals surface area contributed by atoms with Crippen molar-refractivity contribution in [2.75, 3.05) is 10.6 Å². The Labute approximate surface area is 145 Å². The fourth-order valence-corrected chi connectivity index (χ4v) is 2.42. The highest BCUT2D eigenvalue weighted by atomic mass is 35.5. The number of amides is 1. The molecule has 0 saturated carbocycles. The first-order chi connectivity index (χ1) is 11.7. The molecule has 3 rings (SSSR count). The van der Waals surface area contributed by atoms with Crippen molar-refractivity contribution < 1.29 is 4.79 Å². The number of benzene rings is 2. The van der Waals surface area contributed by atoms with E-state index < -0.39 is 0 Å². The summed E-state index contributed by atoms with van der Waals surface area (Å²) in [7, 11) is 0. The Bertz CT molecular complexity index is 820. The highest BCUT2D eigenvalue weighted by Crippen LogP contribution is 2.17. The van der Waals surface area contributed by atoms with Gasteiger partial charge in [0.05, 0.1) is 22.5 Å². The Balaban J connectivity index is 1.60. The van der Waals surface area contributed by atoms with Crippen LogP contribution < -0.4 is 10.6 Å². The van der Waals surface area contributed by atoms with Crippen LogP contribution in [0.3, 0.4) is 0 Å². The third-order valence-corrected chi connectivity index (χ3v) is 3.79. The average Bonchev–Trinajstić information content (AvgIpc) is 2.62. The van der Waals surface area contributed by atoms with E-state index in [0.717, 1.165) is 5.69 Å². The second kappa shape index (κ2) is 7.62. The standard InChI is InChI=1S/C19H16ClN3O/c20-17-9-5-4-8-16(17)19(24)23-18-11-10-15(13-22-18)21-12-14-6-2-1-3-7-14/h1-11,13,21H,12H2,(H,22,23,24). The van der Waals surface area contributed by atoms with Gasteiger partial charge in [0.15, 0.2) is 0 Å². The largest absolute Gasteiger partial charge is 0.380 e. The second-order valence-corrected chi connectivity index (χ2v) is 5.61. The van der Waals surface area contributed by atoms with Gasteiger partial charge >= 0.3 is 0 Å². The van der Waals surface area contributed by atoms with Crippen molar-refractivity contribution >= 4 is 29.0 Å². The Morgan fingerprint density at radius 2 is 1.71 bits per heavy atom. The molecule has 1 amide bonds. The van der Waals surface area contributed by atoms with E-state index in [4.69, 9.17) is 11.6 Å².